The number of hydrogen-bond donors (Lipinski definition) is 1. The van der Waals surface area contributed by atoms with Gasteiger partial charge in [-0.3, -0.25) is 14.5 Å². The van der Waals surface area contributed by atoms with Gasteiger partial charge in [0.1, 0.15) is 24.2 Å². The number of aryl methyl sites for hydroxylation is 2. The number of hydrogen-bond acceptors (Lipinski definition) is 5. The summed E-state index contributed by atoms with van der Waals surface area (Å²) in [4.78, 5) is 32.8. The fourth-order valence-electron chi connectivity index (χ4n) is 2.98. The van der Waals surface area contributed by atoms with Crippen LogP contribution in [0.25, 0.3) is 0 Å². The first-order valence-corrected chi connectivity index (χ1v) is 7.96. The maximum absolute atomic E-state index is 12.5. The molecule has 0 aliphatic carbocycles. The molecular weight excluding hydrogens is 296 g/mol. The Kier molecular flexibility index (Phi) is 5.35. The number of carbonyl (C=O) groups is 2. The predicted octanol–water partition coefficient (Wildman–Crippen LogP) is -0.438. The van der Waals surface area contributed by atoms with Crippen LogP contribution in [0, 0.1) is 13.8 Å². The largest absolute Gasteiger partial charge is 0.358 e. The highest BCUT2D eigenvalue weighted by Gasteiger charge is 2.35. The van der Waals surface area contributed by atoms with Crippen LogP contribution >= 0.6 is 0 Å². The highest BCUT2D eigenvalue weighted by atomic mass is 16.2. The number of amides is 2. The Morgan fingerprint density at radius 2 is 2.00 bits per heavy atom. The first-order chi connectivity index (χ1) is 10.8. The molecule has 1 N–H and O–H groups in total. The van der Waals surface area contributed by atoms with E-state index in [0.717, 1.165) is 5.82 Å². The van der Waals surface area contributed by atoms with Gasteiger partial charge >= 0.3 is 0 Å². The fourth-order valence-corrected chi connectivity index (χ4v) is 2.98. The maximum Gasteiger partial charge on any atom is 0.244 e. The number of nitrogens with one attached hydrogen (secondary N) is 1. The molecule has 1 fully saturated rings. The van der Waals surface area contributed by atoms with E-state index in [1.54, 1.807) is 23.6 Å². The third-order valence-corrected chi connectivity index (χ3v) is 4.23. The second-order valence-corrected chi connectivity index (χ2v) is 6.17. The summed E-state index contributed by atoms with van der Waals surface area (Å²) < 4.78 is 1.61. The molecule has 0 spiro atoms. The van der Waals surface area contributed by atoms with E-state index in [1.165, 1.54) is 0 Å². The van der Waals surface area contributed by atoms with Crippen molar-refractivity contribution in [2.75, 3.05) is 26.7 Å². The third-order valence-electron chi connectivity index (χ3n) is 4.23. The summed E-state index contributed by atoms with van der Waals surface area (Å²) >= 11 is 0. The van der Waals surface area contributed by atoms with Gasteiger partial charge in [0.2, 0.25) is 11.8 Å². The van der Waals surface area contributed by atoms with Crippen molar-refractivity contribution in [2.24, 2.45) is 0 Å². The Morgan fingerprint density at radius 3 is 2.52 bits per heavy atom. The molecule has 0 unspecified atom stereocenters. The van der Waals surface area contributed by atoms with Crippen LogP contribution in [0.2, 0.25) is 0 Å². The van der Waals surface area contributed by atoms with Crippen LogP contribution in [-0.4, -0.2) is 75.1 Å². The molecular formula is C15H26N6O2. The number of carbonyl (C=O) groups excluding carboxylic acids is 2. The second-order valence-electron chi connectivity index (χ2n) is 6.17. The first-order valence-electron chi connectivity index (χ1n) is 7.96. The summed E-state index contributed by atoms with van der Waals surface area (Å²) in [5.74, 6) is 1.29. The lowest BCUT2D eigenvalue weighted by molar-refractivity contribution is -0.139. The Labute approximate surface area is 136 Å². The summed E-state index contributed by atoms with van der Waals surface area (Å²) in [6, 6.07) is -0.0500. The minimum Gasteiger partial charge on any atom is -0.358 e. The van der Waals surface area contributed by atoms with E-state index in [4.69, 9.17) is 0 Å². The number of likely N-dealkylation sites (N-methyl/N-ethyl adjacent to an activating group) is 1. The number of piperazine rings is 1. The number of aromatic nitrogens is 3. The zero-order valence-corrected chi connectivity index (χ0v) is 14.5. The van der Waals surface area contributed by atoms with Crippen LogP contribution in [0.5, 0.6) is 0 Å². The molecule has 23 heavy (non-hydrogen) atoms. The van der Waals surface area contributed by atoms with Crippen LogP contribution in [0.3, 0.4) is 0 Å². The van der Waals surface area contributed by atoms with E-state index < -0.39 is 0 Å². The number of rotatable bonds is 4. The molecule has 128 valence electrons. The minimum atomic E-state index is -0.309. The summed E-state index contributed by atoms with van der Waals surface area (Å²) in [6.45, 7) is 9.64. The summed E-state index contributed by atoms with van der Waals surface area (Å²) in [7, 11) is 1.63. The molecule has 2 rings (SSSR count). The van der Waals surface area contributed by atoms with Crippen LogP contribution in [-0.2, 0) is 16.1 Å². The van der Waals surface area contributed by atoms with Crippen molar-refractivity contribution < 1.29 is 9.59 Å². The van der Waals surface area contributed by atoms with Crippen LogP contribution in [0.15, 0.2) is 0 Å². The van der Waals surface area contributed by atoms with Gasteiger partial charge in [0.25, 0.3) is 0 Å². The van der Waals surface area contributed by atoms with Gasteiger partial charge < -0.3 is 10.2 Å². The second kappa shape index (κ2) is 7.08. The lowest BCUT2D eigenvalue weighted by atomic mass is 10.1. The van der Waals surface area contributed by atoms with E-state index in [9.17, 15) is 9.59 Å². The molecule has 0 saturated carbocycles. The Balaban J connectivity index is 2.07. The van der Waals surface area contributed by atoms with Crippen molar-refractivity contribution in [3.8, 4) is 0 Å². The zero-order valence-electron chi connectivity index (χ0n) is 14.5. The van der Waals surface area contributed by atoms with Crippen molar-refractivity contribution in [2.45, 2.75) is 46.3 Å². The van der Waals surface area contributed by atoms with Crippen molar-refractivity contribution in [3.05, 3.63) is 11.6 Å². The smallest absolute Gasteiger partial charge is 0.244 e. The van der Waals surface area contributed by atoms with Crippen LogP contribution < -0.4 is 5.32 Å². The molecule has 1 saturated heterocycles. The first kappa shape index (κ1) is 17.4. The standard InChI is InChI=1S/C15H26N6O2/c1-10(2)20-7-6-19(8-13(20)15(23)16-5)14(22)9-21-12(4)17-11(3)18-21/h10,13H,6-9H2,1-5H3,(H,16,23)/t13-/m0/s1. The van der Waals surface area contributed by atoms with Gasteiger partial charge in [0, 0.05) is 32.7 Å². The molecule has 0 bridgehead atoms. The van der Waals surface area contributed by atoms with Gasteiger partial charge in [-0.15, -0.1) is 0 Å². The monoisotopic (exact) mass is 322 g/mol. The molecule has 8 heteroatoms. The van der Waals surface area contributed by atoms with E-state index in [0.29, 0.717) is 25.5 Å². The quantitative estimate of drug-likeness (QED) is 0.813. The van der Waals surface area contributed by atoms with E-state index in [1.807, 2.05) is 6.92 Å². The van der Waals surface area contributed by atoms with Gasteiger partial charge in [-0.25, -0.2) is 9.67 Å². The molecule has 2 heterocycles. The summed E-state index contributed by atoms with van der Waals surface area (Å²) in [5.41, 5.74) is 0. The van der Waals surface area contributed by atoms with Gasteiger partial charge in [-0.2, -0.15) is 5.10 Å². The van der Waals surface area contributed by atoms with Gasteiger partial charge in [0.15, 0.2) is 0 Å². The van der Waals surface area contributed by atoms with E-state index >= 15 is 0 Å². The van der Waals surface area contributed by atoms with Crippen LogP contribution in [0.1, 0.15) is 25.5 Å². The lowest BCUT2D eigenvalue weighted by Gasteiger charge is -2.42. The van der Waals surface area contributed by atoms with Gasteiger partial charge in [0.05, 0.1) is 0 Å². The average Bonchev–Trinajstić information content (AvgIpc) is 2.83. The number of nitrogens with zero attached hydrogens (tertiary/aromatic N) is 5. The normalized spacial score (nSPS) is 19.2. The summed E-state index contributed by atoms with van der Waals surface area (Å²) in [6.07, 6.45) is 0. The van der Waals surface area contributed by atoms with Gasteiger partial charge in [-0.1, -0.05) is 0 Å². The third kappa shape index (κ3) is 3.87. The lowest BCUT2D eigenvalue weighted by Crippen LogP contribution is -2.61. The molecule has 8 nitrogen and oxygen atoms in total. The van der Waals surface area contributed by atoms with E-state index in [-0.39, 0.29) is 30.4 Å². The predicted molar refractivity (Wildman–Crippen MR) is 85.8 cm³/mol. The highest BCUT2D eigenvalue weighted by molar-refractivity contribution is 5.83. The van der Waals surface area contributed by atoms with Crippen LogP contribution in [0.4, 0.5) is 0 Å². The van der Waals surface area contributed by atoms with Crippen molar-refractivity contribution >= 4 is 11.8 Å². The molecule has 1 aliphatic rings. The molecule has 0 aromatic carbocycles. The Bertz CT molecular complexity index is 583. The summed E-state index contributed by atoms with van der Waals surface area (Å²) in [5, 5.41) is 6.92. The zero-order chi connectivity index (χ0) is 17.1. The molecule has 1 aromatic heterocycles. The molecule has 1 aromatic rings. The van der Waals surface area contributed by atoms with Crippen molar-refractivity contribution in [1.29, 1.82) is 0 Å². The van der Waals surface area contributed by atoms with E-state index in [2.05, 4.69) is 34.1 Å². The molecule has 1 atom stereocenters. The molecule has 2 amide bonds. The Hall–Kier alpha value is -1.96. The van der Waals surface area contributed by atoms with Gasteiger partial charge in [-0.05, 0) is 27.7 Å². The van der Waals surface area contributed by atoms with Crippen molar-refractivity contribution in [1.82, 2.24) is 29.9 Å². The maximum atomic E-state index is 12.5. The minimum absolute atomic E-state index is 0.0321. The average molecular weight is 322 g/mol. The highest BCUT2D eigenvalue weighted by Crippen LogP contribution is 2.14. The Morgan fingerprint density at radius 1 is 1.30 bits per heavy atom. The SMILES string of the molecule is CNC(=O)[C@@H]1CN(C(=O)Cn2nc(C)nc2C)CCN1C(C)C. The molecule has 1 aliphatic heterocycles. The van der Waals surface area contributed by atoms with Crippen molar-refractivity contribution in [3.63, 3.8) is 0 Å². The topological polar surface area (TPSA) is 83.4 Å². The fraction of sp³-hybridized carbons (Fsp3) is 0.733. The molecule has 0 radical (unpaired) electrons.